The van der Waals surface area contributed by atoms with E-state index in [4.69, 9.17) is 0 Å². The average molecular weight is 232 g/mol. The molecule has 0 unspecified atom stereocenters. The van der Waals surface area contributed by atoms with Gasteiger partial charge in [-0.25, -0.2) is 4.39 Å². The summed E-state index contributed by atoms with van der Waals surface area (Å²) in [5, 5.41) is 4.87. The largest absolute Gasteiger partial charge is 0.349 e. The third-order valence-corrected chi connectivity index (χ3v) is 2.82. The van der Waals surface area contributed by atoms with Gasteiger partial charge < -0.3 is 0 Å². The van der Waals surface area contributed by atoms with Gasteiger partial charge in [-0.1, -0.05) is 3.89 Å². The Morgan fingerprint density at radius 1 is 1.40 bits per heavy atom. The van der Waals surface area contributed by atoms with Crippen molar-refractivity contribution in [2.75, 3.05) is 0 Å². The number of benzene rings is 1. The molecular weight excluding hydrogens is 226 g/mol. The summed E-state index contributed by atoms with van der Waals surface area (Å²) in [5.74, 6) is -0.633. The van der Waals surface area contributed by atoms with E-state index in [-0.39, 0.29) is 10.9 Å². The van der Waals surface area contributed by atoms with Gasteiger partial charge in [-0.2, -0.15) is 13.5 Å². The minimum Gasteiger partial charge on any atom is -0.264 e. The predicted molar refractivity (Wildman–Crippen MR) is 49.1 cm³/mol. The highest BCUT2D eigenvalue weighted by Crippen LogP contribution is 2.25. The number of halogens is 2. The summed E-state index contributed by atoms with van der Waals surface area (Å²) >= 11 is 0. The Morgan fingerprint density at radius 2 is 2.07 bits per heavy atom. The van der Waals surface area contributed by atoms with E-state index in [1.54, 1.807) is 6.92 Å². The fourth-order valence-electron chi connectivity index (χ4n) is 1.41. The second kappa shape index (κ2) is 2.99. The first-order chi connectivity index (χ1) is 6.89. The zero-order valence-electron chi connectivity index (χ0n) is 7.58. The second-order valence-corrected chi connectivity index (χ2v) is 4.39. The summed E-state index contributed by atoms with van der Waals surface area (Å²) in [6.45, 7) is 1.56. The quantitative estimate of drug-likeness (QED) is 0.760. The molecule has 0 saturated heterocycles. The lowest BCUT2D eigenvalue weighted by Crippen LogP contribution is -1.92. The Kier molecular flexibility index (Phi) is 2.00. The van der Waals surface area contributed by atoms with Crippen LogP contribution in [0.3, 0.4) is 0 Å². The number of nitrogens with one attached hydrogen (secondary N) is 1. The molecule has 4 nitrogen and oxygen atoms in total. The summed E-state index contributed by atoms with van der Waals surface area (Å²) < 4.78 is 47.1. The van der Waals surface area contributed by atoms with E-state index in [0.717, 1.165) is 6.07 Å². The van der Waals surface area contributed by atoms with Crippen LogP contribution in [0.15, 0.2) is 17.2 Å². The van der Waals surface area contributed by atoms with Gasteiger partial charge in [0.05, 0.1) is 5.52 Å². The highest BCUT2D eigenvalue weighted by molar-refractivity contribution is 7.86. The average Bonchev–Trinajstić information content (AvgIpc) is 2.45. The number of aromatic amines is 1. The van der Waals surface area contributed by atoms with Crippen LogP contribution in [0.5, 0.6) is 0 Å². The number of H-pyrrole nitrogens is 1. The van der Waals surface area contributed by atoms with Crippen molar-refractivity contribution in [3.63, 3.8) is 0 Å². The Morgan fingerprint density at radius 3 is 2.67 bits per heavy atom. The van der Waals surface area contributed by atoms with Gasteiger partial charge in [0.15, 0.2) is 5.03 Å². The van der Waals surface area contributed by atoms with Crippen LogP contribution in [-0.4, -0.2) is 18.6 Å². The van der Waals surface area contributed by atoms with Gasteiger partial charge in [-0.15, -0.1) is 0 Å². The number of hydrogen-bond donors (Lipinski definition) is 1. The Hall–Kier alpha value is -1.50. The molecule has 15 heavy (non-hydrogen) atoms. The van der Waals surface area contributed by atoms with Crippen LogP contribution in [0.25, 0.3) is 10.9 Å². The van der Waals surface area contributed by atoms with Gasteiger partial charge in [0.1, 0.15) is 5.82 Å². The molecule has 1 heterocycles. The summed E-state index contributed by atoms with van der Waals surface area (Å²) in [7, 11) is -4.90. The molecule has 2 aromatic rings. The van der Waals surface area contributed by atoms with Crippen molar-refractivity contribution < 1.29 is 16.7 Å². The van der Waals surface area contributed by atoms with Gasteiger partial charge in [-0.05, 0) is 24.6 Å². The molecule has 0 spiro atoms. The van der Waals surface area contributed by atoms with Crippen molar-refractivity contribution in [3.8, 4) is 0 Å². The summed E-state index contributed by atoms with van der Waals surface area (Å²) in [6.07, 6.45) is 0. The van der Waals surface area contributed by atoms with E-state index >= 15 is 0 Å². The number of aryl methyl sites for hydroxylation is 1. The molecule has 1 aromatic carbocycles. The van der Waals surface area contributed by atoms with Gasteiger partial charge in [0, 0.05) is 5.39 Å². The number of aromatic nitrogens is 2. The fraction of sp³-hybridized carbons (Fsp3) is 0.125. The zero-order valence-corrected chi connectivity index (χ0v) is 8.40. The molecule has 0 saturated carbocycles. The van der Waals surface area contributed by atoms with E-state index in [9.17, 15) is 16.7 Å². The highest BCUT2D eigenvalue weighted by Gasteiger charge is 2.20. The summed E-state index contributed by atoms with van der Waals surface area (Å²) in [6, 6.07) is 2.12. The van der Waals surface area contributed by atoms with E-state index in [1.165, 1.54) is 6.07 Å². The lowest BCUT2D eigenvalue weighted by Gasteiger charge is -1.95. The van der Waals surface area contributed by atoms with Crippen LogP contribution in [-0.2, 0) is 10.2 Å². The smallest absolute Gasteiger partial charge is 0.264 e. The second-order valence-electron chi connectivity index (χ2n) is 3.11. The molecular formula is C8H6F2N2O2S. The number of fused-ring (bicyclic) bond motifs is 1. The maximum absolute atomic E-state index is 13.0. The lowest BCUT2D eigenvalue weighted by atomic mass is 10.2. The molecule has 0 fully saturated rings. The number of rotatable bonds is 1. The van der Waals surface area contributed by atoms with E-state index in [2.05, 4.69) is 5.10 Å². The van der Waals surface area contributed by atoms with Crippen molar-refractivity contribution >= 4 is 21.1 Å². The standard InChI is InChI=1S/C8H6F2N2O2S/c1-4-2-5(9)3-6-7(4)11-12-8(6)15(10,13)14/h2-3H,1H3,(H,11,12). The molecule has 1 aromatic heterocycles. The fourth-order valence-corrected chi connectivity index (χ4v) is 1.98. The van der Waals surface area contributed by atoms with Crippen LogP contribution < -0.4 is 0 Å². The van der Waals surface area contributed by atoms with Crippen LogP contribution in [0.2, 0.25) is 0 Å². The van der Waals surface area contributed by atoms with Gasteiger partial charge in [-0.3, -0.25) is 5.10 Å². The van der Waals surface area contributed by atoms with Crippen LogP contribution in [0, 0.1) is 12.7 Å². The van der Waals surface area contributed by atoms with Gasteiger partial charge >= 0.3 is 10.2 Å². The molecule has 0 aliphatic heterocycles. The molecule has 7 heteroatoms. The van der Waals surface area contributed by atoms with Crippen molar-refractivity contribution in [1.29, 1.82) is 0 Å². The topological polar surface area (TPSA) is 62.8 Å². The Labute approximate surface area is 84.1 Å². The number of hydrogen-bond acceptors (Lipinski definition) is 3. The minimum atomic E-state index is -4.90. The molecule has 0 radical (unpaired) electrons. The van der Waals surface area contributed by atoms with Crippen molar-refractivity contribution in [1.82, 2.24) is 10.2 Å². The van der Waals surface area contributed by atoms with Crippen LogP contribution in [0.4, 0.5) is 8.28 Å². The van der Waals surface area contributed by atoms with Crippen molar-refractivity contribution in [3.05, 3.63) is 23.5 Å². The van der Waals surface area contributed by atoms with Crippen molar-refractivity contribution in [2.24, 2.45) is 0 Å². The maximum atomic E-state index is 13.0. The maximum Gasteiger partial charge on any atom is 0.349 e. The summed E-state index contributed by atoms with van der Waals surface area (Å²) in [4.78, 5) is 0. The third kappa shape index (κ3) is 1.58. The highest BCUT2D eigenvalue weighted by atomic mass is 32.3. The van der Waals surface area contributed by atoms with E-state index < -0.39 is 21.1 Å². The Balaban J connectivity index is 2.92. The molecule has 1 N–H and O–H groups in total. The molecule has 80 valence electrons. The summed E-state index contributed by atoms with van der Waals surface area (Å²) in [5.41, 5.74) is 0.684. The Bertz CT molecular complexity index is 633. The first-order valence-electron chi connectivity index (χ1n) is 3.98. The molecule has 0 bridgehead atoms. The SMILES string of the molecule is Cc1cc(F)cc2c(S(=O)(=O)F)[nH]nc12. The van der Waals surface area contributed by atoms with Crippen LogP contribution >= 0.6 is 0 Å². The zero-order chi connectivity index (χ0) is 11.2. The third-order valence-electron chi connectivity index (χ3n) is 2.02. The van der Waals surface area contributed by atoms with Gasteiger partial charge in [0.2, 0.25) is 0 Å². The lowest BCUT2D eigenvalue weighted by molar-refractivity contribution is 0.548. The predicted octanol–water partition coefficient (Wildman–Crippen LogP) is 1.67. The minimum absolute atomic E-state index is 0.0741. The first-order valence-corrected chi connectivity index (χ1v) is 5.37. The molecule has 0 amide bonds. The van der Waals surface area contributed by atoms with Crippen LogP contribution in [0.1, 0.15) is 5.56 Å². The van der Waals surface area contributed by atoms with Gasteiger partial charge in [0.25, 0.3) is 0 Å². The molecule has 2 rings (SSSR count). The van der Waals surface area contributed by atoms with E-state index in [1.807, 2.05) is 5.10 Å². The molecule has 0 aliphatic rings. The molecule has 0 aliphatic carbocycles. The number of nitrogens with zero attached hydrogens (tertiary/aromatic N) is 1. The van der Waals surface area contributed by atoms with E-state index in [0.29, 0.717) is 5.56 Å². The van der Waals surface area contributed by atoms with Crippen molar-refractivity contribution in [2.45, 2.75) is 11.9 Å². The molecule has 0 atom stereocenters. The monoisotopic (exact) mass is 232 g/mol. The normalized spacial score (nSPS) is 12.2. The first kappa shape index (κ1) is 10.0.